The molecule has 2 aromatic rings. The van der Waals surface area contributed by atoms with Crippen LogP contribution in [0.3, 0.4) is 0 Å². The molecule has 2 N–H and O–H groups in total. The topological polar surface area (TPSA) is 66.4 Å². The van der Waals surface area contributed by atoms with Crippen LogP contribution in [0.25, 0.3) is 10.8 Å². The van der Waals surface area contributed by atoms with E-state index in [1.165, 1.54) is 16.3 Å². The van der Waals surface area contributed by atoms with Crippen LogP contribution >= 0.6 is 0 Å². The van der Waals surface area contributed by atoms with Crippen molar-refractivity contribution in [1.82, 2.24) is 5.32 Å². The first-order valence-corrected chi connectivity index (χ1v) is 8.16. The molecule has 2 fully saturated rings. The lowest BCUT2D eigenvalue weighted by molar-refractivity contribution is -0.142. The average Bonchev–Trinajstić information content (AvgIpc) is 3.45. The van der Waals surface area contributed by atoms with Gasteiger partial charge < -0.3 is 10.4 Å². The number of rotatable bonds is 5. The van der Waals surface area contributed by atoms with Crippen molar-refractivity contribution in [2.75, 3.05) is 0 Å². The third-order valence-electron chi connectivity index (χ3n) is 5.01. The SMILES string of the molecule is O=C(NC(C(=O)O)C1CC1)C1CC1c1cccc2ccccc12. The van der Waals surface area contributed by atoms with E-state index in [1.807, 2.05) is 18.2 Å². The van der Waals surface area contributed by atoms with Gasteiger partial charge in [-0.2, -0.15) is 0 Å². The van der Waals surface area contributed by atoms with Crippen molar-refractivity contribution in [3.63, 3.8) is 0 Å². The van der Waals surface area contributed by atoms with Crippen LogP contribution in [0.5, 0.6) is 0 Å². The lowest BCUT2D eigenvalue weighted by atomic mass is 10.00. The molecule has 3 atom stereocenters. The van der Waals surface area contributed by atoms with E-state index in [0.717, 1.165) is 19.3 Å². The molecule has 1 amide bonds. The molecule has 0 aliphatic heterocycles. The number of carbonyl (C=O) groups is 2. The first-order valence-electron chi connectivity index (χ1n) is 8.16. The van der Waals surface area contributed by atoms with Crippen LogP contribution in [0, 0.1) is 11.8 Å². The molecule has 0 radical (unpaired) electrons. The van der Waals surface area contributed by atoms with Gasteiger partial charge in [-0.3, -0.25) is 4.79 Å². The van der Waals surface area contributed by atoms with Crippen LogP contribution < -0.4 is 5.32 Å². The number of carboxylic acids is 1. The summed E-state index contributed by atoms with van der Waals surface area (Å²) in [4.78, 5) is 23.7. The summed E-state index contributed by atoms with van der Waals surface area (Å²) in [6, 6.07) is 13.6. The number of carbonyl (C=O) groups excluding carboxylic acids is 1. The van der Waals surface area contributed by atoms with Crippen molar-refractivity contribution in [1.29, 1.82) is 0 Å². The number of benzene rings is 2. The van der Waals surface area contributed by atoms with E-state index in [4.69, 9.17) is 0 Å². The lowest BCUT2D eigenvalue weighted by Crippen LogP contribution is -2.43. The molecule has 0 spiro atoms. The van der Waals surface area contributed by atoms with Crippen molar-refractivity contribution in [3.05, 3.63) is 48.0 Å². The summed E-state index contributed by atoms with van der Waals surface area (Å²) in [6.07, 6.45) is 2.60. The first kappa shape index (κ1) is 14.2. The molecule has 2 aliphatic rings. The molecule has 4 heteroatoms. The second-order valence-corrected chi connectivity index (χ2v) is 6.68. The molecule has 0 bridgehead atoms. The predicted molar refractivity (Wildman–Crippen MR) is 87.1 cm³/mol. The minimum absolute atomic E-state index is 0.0959. The van der Waals surface area contributed by atoms with E-state index in [9.17, 15) is 14.7 Å². The predicted octanol–water partition coefficient (Wildman–Crippen LogP) is 2.92. The molecule has 0 aromatic heterocycles. The number of fused-ring (bicyclic) bond motifs is 1. The molecule has 0 saturated heterocycles. The summed E-state index contributed by atoms with van der Waals surface area (Å²) in [7, 11) is 0. The Morgan fingerprint density at radius 1 is 1.09 bits per heavy atom. The molecule has 3 unspecified atom stereocenters. The van der Waals surface area contributed by atoms with Crippen LogP contribution in [-0.4, -0.2) is 23.0 Å². The van der Waals surface area contributed by atoms with Gasteiger partial charge in [0.05, 0.1) is 0 Å². The van der Waals surface area contributed by atoms with Gasteiger partial charge in [0.2, 0.25) is 5.91 Å². The Kier molecular flexibility index (Phi) is 3.33. The molecule has 118 valence electrons. The number of hydrogen-bond acceptors (Lipinski definition) is 2. The van der Waals surface area contributed by atoms with Crippen LogP contribution in [0.15, 0.2) is 42.5 Å². The van der Waals surface area contributed by atoms with E-state index >= 15 is 0 Å². The fraction of sp³-hybridized carbons (Fsp3) is 0.368. The Hall–Kier alpha value is -2.36. The van der Waals surface area contributed by atoms with Crippen LogP contribution in [0.4, 0.5) is 0 Å². The highest BCUT2D eigenvalue weighted by atomic mass is 16.4. The van der Waals surface area contributed by atoms with E-state index in [2.05, 4.69) is 29.6 Å². The fourth-order valence-electron chi connectivity index (χ4n) is 3.47. The second kappa shape index (κ2) is 5.37. The third kappa shape index (κ3) is 2.69. The number of amides is 1. The number of carboxylic acid groups (broad SMARTS) is 1. The van der Waals surface area contributed by atoms with Crippen LogP contribution in [0.2, 0.25) is 0 Å². The van der Waals surface area contributed by atoms with Gasteiger partial charge >= 0.3 is 5.97 Å². The minimum Gasteiger partial charge on any atom is -0.480 e. The van der Waals surface area contributed by atoms with E-state index < -0.39 is 12.0 Å². The summed E-state index contributed by atoms with van der Waals surface area (Å²) in [5, 5.41) is 14.4. The zero-order valence-electron chi connectivity index (χ0n) is 12.7. The summed E-state index contributed by atoms with van der Waals surface area (Å²) >= 11 is 0. The first-order chi connectivity index (χ1) is 11.1. The highest BCUT2D eigenvalue weighted by Crippen LogP contribution is 2.49. The molecule has 2 saturated carbocycles. The smallest absolute Gasteiger partial charge is 0.326 e. The standard InChI is InChI=1S/C19H19NO3/c21-18(20-17(19(22)23)12-8-9-12)16-10-15(16)14-7-3-5-11-4-1-2-6-13(11)14/h1-7,12,15-17H,8-10H2,(H,20,21)(H,22,23). The monoisotopic (exact) mass is 309 g/mol. The summed E-state index contributed by atoms with van der Waals surface area (Å²) in [5.74, 6) is -0.798. The van der Waals surface area contributed by atoms with Crippen molar-refractivity contribution >= 4 is 22.6 Å². The van der Waals surface area contributed by atoms with Gasteiger partial charge in [0.1, 0.15) is 6.04 Å². The van der Waals surface area contributed by atoms with Gasteiger partial charge in [-0.1, -0.05) is 42.5 Å². The molecule has 2 aliphatic carbocycles. The molecule has 4 rings (SSSR count). The molecular formula is C19H19NO3. The minimum atomic E-state index is -0.914. The quantitative estimate of drug-likeness (QED) is 0.892. The van der Waals surface area contributed by atoms with Crippen molar-refractivity contribution in [2.24, 2.45) is 11.8 Å². The summed E-state index contributed by atoms with van der Waals surface area (Å²) in [5.41, 5.74) is 1.20. The van der Waals surface area contributed by atoms with E-state index in [1.54, 1.807) is 0 Å². The Balaban J connectivity index is 1.50. The Morgan fingerprint density at radius 2 is 1.83 bits per heavy atom. The van der Waals surface area contributed by atoms with E-state index in [-0.39, 0.29) is 23.7 Å². The fourth-order valence-corrected chi connectivity index (χ4v) is 3.47. The van der Waals surface area contributed by atoms with Gasteiger partial charge in [-0.25, -0.2) is 4.79 Å². The molecule has 4 nitrogen and oxygen atoms in total. The summed E-state index contributed by atoms with van der Waals surface area (Å²) < 4.78 is 0. The Morgan fingerprint density at radius 3 is 2.57 bits per heavy atom. The second-order valence-electron chi connectivity index (χ2n) is 6.68. The van der Waals surface area contributed by atoms with Crippen molar-refractivity contribution in [3.8, 4) is 0 Å². The lowest BCUT2D eigenvalue weighted by Gasteiger charge is -2.13. The van der Waals surface area contributed by atoms with Crippen molar-refractivity contribution in [2.45, 2.75) is 31.2 Å². The van der Waals surface area contributed by atoms with Gasteiger partial charge in [-0.05, 0) is 47.4 Å². The maximum Gasteiger partial charge on any atom is 0.326 e. The third-order valence-corrected chi connectivity index (χ3v) is 5.01. The number of nitrogens with one attached hydrogen (secondary N) is 1. The van der Waals surface area contributed by atoms with E-state index in [0.29, 0.717) is 0 Å². The molecular weight excluding hydrogens is 290 g/mol. The zero-order chi connectivity index (χ0) is 16.0. The van der Waals surface area contributed by atoms with Crippen LogP contribution in [0.1, 0.15) is 30.7 Å². The molecule has 23 heavy (non-hydrogen) atoms. The van der Waals surface area contributed by atoms with Gasteiger partial charge in [0, 0.05) is 5.92 Å². The molecule has 0 heterocycles. The largest absolute Gasteiger partial charge is 0.480 e. The Labute approximate surface area is 134 Å². The number of hydrogen-bond donors (Lipinski definition) is 2. The number of aliphatic carboxylic acids is 1. The Bertz CT molecular complexity index is 776. The molecule has 2 aromatic carbocycles. The maximum atomic E-state index is 12.4. The average molecular weight is 309 g/mol. The van der Waals surface area contributed by atoms with Gasteiger partial charge in [0.15, 0.2) is 0 Å². The van der Waals surface area contributed by atoms with Gasteiger partial charge in [0.25, 0.3) is 0 Å². The maximum absolute atomic E-state index is 12.4. The van der Waals surface area contributed by atoms with Crippen LogP contribution in [-0.2, 0) is 9.59 Å². The van der Waals surface area contributed by atoms with Gasteiger partial charge in [-0.15, -0.1) is 0 Å². The normalized spacial score (nSPS) is 24.2. The highest BCUT2D eigenvalue weighted by molar-refractivity contribution is 5.91. The zero-order valence-corrected chi connectivity index (χ0v) is 12.7. The van der Waals surface area contributed by atoms with Crippen molar-refractivity contribution < 1.29 is 14.7 Å². The highest BCUT2D eigenvalue weighted by Gasteiger charge is 2.47. The summed E-state index contributed by atoms with van der Waals surface area (Å²) in [6.45, 7) is 0.